The van der Waals surface area contributed by atoms with Gasteiger partial charge >= 0.3 is 0 Å². The number of ether oxygens (including phenoxy) is 2. The van der Waals surface area contributed by atoms with Crippen LogP contribution in [-0.2, 0) is 4.84 Å². The van der Waals surface area contributed by atoms with E-state index in [1.165, 1.54) is 0 Å². The molecule has 1 aromatic carbocycles. The number of benzene rings is 1. The van der Waals surface area contributed by atoms with Gasteiger partial charge in [0.15, 0.2) is 0 Å². The molecule has 1 unspecified atom stereocenters. The van der Waals surface area contributed by atoms with Crippen molar-refractivity contribution in [2.24, 2.45) is 5.16 Å². The molecule has 1 aliphatic rings. The Hall–Kier alpha value is -1.42. The number of methoxy groups -OCH3 is 2. The number of oxime groups is 1. The second-order valence-electron chi connectivity index (χ2n) is 3.85. The number of rotatable bonds is 3. The summed E-state index contributed by atoms with van der Waals surface area (Å²) in [4.78, 5) is 5.17. The second kappa shape index (κ2) is 4.84. The van der Waals surface area contributed by atoms with Gasteiger partial charge in [-0.2, -0.15) is 0 Å². The van der Waals surface area contributed by atoms with E-state index >= 15 is 0 Å². The van der Waals surface area contributed by atoms with E-state index in [0.717, 1.165) is 17.7 Å². The maximum atomic E-state index is 6.10. The number of hydrogen-bond acceptors (Lipinski definition) is 4. The molecule has 0 aromatic heterocycles. The van der Waals surface area contributed by atoms with Gasteiger partial charge in [0, 0.05) is 18.1 Å². The lowest BCUT2D eigenvalue weighted by atomic mass is 10.0. The van der Waals surface area contributed by atoms with Crippen LogP contribution >= 0.6 is 11.6 Å². The normalized spacial score (nSPS) is 18.6. The van der Waals surface area contributed by atoms with Crippen LogP contribution in [0.4, 0.5) is 0 Å². The Balaban J connectivity index is 2.43. The maximum Gasteiger partial charge on any atom is 0.141 e. The number of nitrogens with zero attached hydrogens (tertiary/aromatic N) is 1. The standard InChI is InChI=1S/C12H14ClNO3/c1-7-4-10(14-17-7)8-5-9(13)12(16-3)6-11(8)15-2/h5-7H,4H2,1-3H3. The molecule has 5 heteroatoms. The first-order valence-electron chi connectivity index (χ1n) is 5.30. The van der Waals surface area contributed by atoms with E-state index in [0.29, 0.717) is 16.5 Å². The fourth-order valence-corrected chi connectivity index (χ4v) is 1.99. The molecule has 17 heavy (non-hydrogen) atoms. The maximum absolute atomic E-state index is 6.10. The third-order valence-corrected chi connectivity index (χ3v) is 2.90. The average molecular weight is 256 g/mol. The Morgan fingerprint density at radius 1 is 1.29 bits per heavy atom. The smallest absolute Gasteiger partial charge is 0.141 e. The summed E-state index contributed by atoms with van der Waals surface area (Å²) in [6, 6.07) is 3.54. The van der Waals surface area contributed by atoms with Crippen LogP contribution in [0, 0.1) is 0 Å². The lowest BCUT2D eigenvalue weighted by Crippen LogP contribution is -2.05. The van der Waals surface area contributed by atoms with Crippen LogP contribution in [0.2, 0.25) is 5.02 Å². The molecule has 1 heterocycles. The van der Waals surface area contributed by atoms with Gasteiger partial charge in [-0.05, 0) is 13.0 Å². The van der Waals surface area contributed by atoms with Crippen molar-refractivity contribution in [1.29, 1.82) is 0 Å². The minimum Gasteiger partial charge on any atom is -0.496 e. The third kappa shape index (κ3) is 2.31. The van der Waals surface area contributed by atoms with Crippen molar-refractivity contribution in [3.63, 3.8) is 0 Å². The summed E-state index contributed by atoms with van der Waals surface area (Å²) in [6.45, 7) is 1.97. The molecule has 1 aliphatic heterocycles. The van der Waals surface area contributed by atoms with Gasteiger partial charge in [-0.15, -0.1) is 0 Å². The summed E-state index contributed by atoms with van der Waals surface area (Å²) in [5.41, 5.74) is 1.70. The third-order valence-electron chi connectivity index (χ3n) is 2.61. The molecular weight excluding hydrogens is 242 g/mol. The summed E-state index contributed by atoms with van der Waals surface area (Å²) in [7, 11) is 3.17. The van der Waals surface area contributed by atoms with Crippen LogP contribution in [0.25, 0.3) is 0 Å². The van der Waals surface area contributed by atoms with Crippen LogP contribution in [0.15, 0.2) is 17.3 Å². The van der Waals surface area contributed by atoms with Crippen LogP contribution < -0.4 is 9.47 Å². The van der Waals surface area contributed by atoms with Gasteiger partial charge in [-0.1, -0.05) is 16.8 Å². The zero-order chi connectivity index (χ0) is 12.4. The lowest BCUT2D eigenvalue weighted by Gasteiger charge is -2.11. The van der Waals surface area contributed by atoms with E-state index in [1.54, 1.807) is 26.4 Å². The highest BCUT2D eigenvalue weighted by atomic mass is 35.5. The van der Waals surface area contributed by atoms with E-state index in [2.05, 4.69) is 5.16 Å². The van der Waals surface area contributed by atoms with Crippen molar-refractivity contribution < 1.29 is 14.3 Å². The van der Waals surface area contributed by atoms with Crippen LogP contribution in [-0.4, -0.2) is 26.0 Å². The first-order valence-corrected chi connectivity index (χ1v) is 5.68. The van der Waals surface area contributed by atoms with Gasteiger partial charge < -0.3 is 14.3 Å². The molecule has 4 nitrogen and oxygen atoms in total. The van der Waals surface area contributed by atoms with Gasteiger partial charge in [0.05, 0.1) is 25.0 Å². The molecule has 1 aromatic rings. The molecule has 2 rings (SSSR count). The van der Waals surface area contributed by atoms with Gasteiger partial charge in [-0.3, -0.25) is 0 Å². The van der Waals surface area contributed by atoms with Crippen LogP contribution in [0.3, 0.4) is 0 Å². The highest BCUT2D eigenvalue weighted by Gasteiger charge is 2.22. The fraction of sp³-hybridized carbons (Fsp3) is 0.417. The Labute approximate surface area is 105 Å². The Morgan fingerprint density at radius 3 is 2.53 bits per heavy atom. The van der Waals surface area contributed by atoms with Gasteiger partial charge in [0.25, 0.3) is 0 Å². The number of halogens is 1. The predicted octanol–water partition coefficient (Wildman–Crippen LogP) is 2.87. The van der Waals surface area contributed by atoms with E-state index in [1.807, 2.05) is 6.92 Å². The molecule has 0 saturated heterocycles. The van der Waals surface area contributed by atoms with Crippen molar-refractivity contribution in [1.82, 2.24) is 0 Å². The van der Waals surface area contributed by atoms with E-state index in [4.69, 9.17) is 25.9 Å². The van der Waals surface area contributed by atoms with E-state index in [9.17, 15) is 0 Å². The highest BCUT2D eigenvalue weighted by molar-refractivity contribution is 6.32. The zero-order valence-corrected chi connectivity index (χ0v) is 10.7. The van der Waals surface area contributed by atoms with E-state index < -0.39 is 0 Å². The molecule has 0 aliphatic carbocycles. The molecule has 92 valence electrons. The molecule has 0 spiro atoms. The Morgan fingerprint density at radius 2 is 2.00 bits per heavy atom. The minimum atomic E-state index is 0.0931. The summed E-state index contributed by atoms with van der Waals surface area (Å²) in [5, 5.41) is 4.56. The molecule has 0 bridgehead atoms. The molecule has 0 N–H and O–H groups in total. The van der Waals surface area contributed by atoms with Crippen molar-refractivity contribution in [3.05, 3.63) is 22.7 Å². The fourth-order valence-electron chi connectivity index (χ4n) is 1.75. The van der Waals surface area contributed by atoms with Crippen LogP contribution in [0.1, 0.15) is 18.9 Å². The Bertz CT molecular complexity index is 459. The quantitative estimate of drug-likeness (QED) is 0.834. The highest BCUT2D eigenvalue weighted by Crippen LogP contribution is 2.34. The summed E-state index contributed by atoms with van der Waals surface area (Å²) >= 11 is 6.10. The molecular formula is C12H14ClNO3. The molecule has 1 atom stereocenters. The van der Waals surface area contributed by atoms with E-state index in [-0.39, 0.29) is 6.10 Å². The number of hydrogen-bond donors (Lipinski definition) is 0. The predicted molar refractivity (Wildman–Crippen MR) is 66.3 cm³/mol. The Kier molecular flexibility index (Phi) is 3.43. The lowest BCUT2D eigenvalue weighted by molar-refractivity contribution is 0.0995. The molecule has 0 saturated carbocycles. The topological polar surface area (TPSA) is 40.0 Å². The molecule has 0 radical (unpaired) electrons. The van der Waals surface area contributed by atoms with Crippen LogP contribution in [0.5, 0.6) is 11.5 Å². The summed E-state index contributed by atoms with van der Waals surface area (Å²) in [6.07, 6.45) is 0.842. The SMILES string of the molecule is COc1cc(OC)c(C2=NOC(C)C2)cc1Cl. The monoisotopic (exact) mass is 255 g/mol. The van der Waals surface area contributed by atoms with Crippen molar-refractivity contribution in [3.8, 4) is 11.5 Å². The summed E-state index contributed by atoms with van der Waals surface area (Å²) < 4.78 is 10.5. The second-order valence-corrected chi connectivity index (χ2v) is 4.25. The van der Waals surface area contributed by atoms with Crippen molar-refractivity contribution >= 4 is 17.3 Å². The zero-order valence-electron chi connectivity index (χ0n) is 9.99. The van der Waals surface area contributed by atoms with Gasteiger partial charge in [0.2, 0.25) is 0 Å². The molecule has 0 amide bonds. The van der Waals surface area contributed by atoms with Crippen molar-refractivity contribution in [2.75, 3.05) is 14.2 Å². The summed E-state index contributed by atoms with van der Waals surface area (Å²) in [5.74, 6) is 1.27. The van der Waals surface area contributed by atoms with Gasteiger partial charge in [-0.25, -0.2) is 0 Å². The van der Waals surface area contributed by atoms with Crippen molar-refractivity contribution in [2.45, 2.75) is 19.4 Å². The van der Waals surface area contributed by atoms with Gasteiger partial charge in [0.1, 0.15) is 17.6 Å². The first kappa shape index (κ1) is 12.0. The minimum absolute atomic E-state index is 0.0931. The largest absolute Gasteiger partial charge is 0.496 e. The average Bonchev–Trinajstić information content (AvgIpc) is 2.75. The molecule has 0 fully saturated rings. The first-order chi connectivity index (χ1) is 8.15.